The fourth-order valence-electron chi connectivity index (χ4n) is 6.08. The minimum Gasteiger partial charge on any atom is -0.489 e. The van der Waals surface area contributed by atoms with E-state index in [-0.39, 0.29) is 31.0 Å². The Kier molecular flexibility index (Phi) is 7.87. The molecule has 2 aromatic carbocycles. The lowest BCUT2D eigenvalue weighted by Crippen LogP contribution is -2.37. The summed E-state index contributed by atoms with van der Waals surface area (Å²) in [7, 11) is 1.97. The number of rotatable bonds is 6. The van der Waals surface area contributed by atoms with E-state index in [2.05, 4.69) is 9.47 Å². The van der Waals surface area contributed by atoms with Gasteiger partial charge in [-0.2, -0.15) is 13.2 Å². The fourth-order valence-corrected chi connectivity index (χ4v) is 6.46. The van der Waals surface area contributed by atoms with Crippen molar-refractivity contribution in [1.82, 2.24) is 9.47 Å². The van der Waals surface area contributed by atoms with Crippen LogP contribution in [0.15, 0.2) is 36.4 Å². The van der Waals surface area contributed by atoms with Crippen LogP contribution in [-0.2, 0) is 28.9 Å². The lowest BCUT2D eigenvalue weighted by Gasteiger charge is -2.34. The summed E-state index contributed by atoms with van der Waals surface area (Å²) in [5.41, 5.74) is 1.51. The van der Waals surface area contributed by atoms with Crippen LogP contribution < -0.4 is 4.74 Å². The number of alkyl halides is 3. The van der Waals surface area contributed by atoms with Gasteiger partial charge in [0.1, 0.15) is 18.0 Å². The smallest absolute Gasteiger partial charge is 0.416 e. The maximum Gasteiger partial charge on any atom is 0.416 e. The van der Waals surface area contributed by atoms with Crippen molar-refractivity contribution >= 4 is 28.5 Å². The van der Waals surface area contributed by atoms with Gasteiger partial charge in [0, 0.05) is 18.5 Å². The Morgan fingerprint density at radius 2 is 1.77 bits per heavy atom. The van der Waals surface area contributed by atoms with Gasteiger partial charge < -0.3 is 14.0 Å². The first-order chi connectivity index (χ1) is 18.8. The molecule has 0 N–H and O–H groups in total. The molecule has 1 atom stereocenters. The lowest BCUT2D eigenvalue weighted by atomic mass is 9.91. The molecule has 1 saturated carbocycles. The zero-order chi connectivity index (χ0) is 28.8. The van der Waals surface area contributed by atoms with Gasteiger partial charge in [-0.1, -0.05) is 36.6 Å². The predicted octanol–water partition coefficient (Wildman–Crippen LogP) is 8.27. The summed E-state index contributed by atoms with van der Waals surface area (Å²) in [5, 5.41) is 1.33. The van der Waals surface area contributed by atoms with E-state index >= 15 is 0 Å². The predicted molar refractivity (Wildman–Crippen MR) is 150 cm³/mol. The second-order valence-electron chi connectivity index (χ2n) is 12.0. The molecule has 0 saturated heterocycles. The molecular weight excluding hydrogens is 541 g/mol. The summed E-state index contributed by atoms with van der Waals surface area (Å²) in [6, 6.07) is 9.90. The van der Waals surface area contributed by atoms with E-state index in [1.54, 1.807) is 12.1 Å². The van der Waals surface area contributed by atoms with Crippen LogP contribution in [0.1, 0.15) is 87.2 Å². The van der Waals surface area contributed by atoms with E-state index < -0.39 is 17.3 Å². The topological polar surface area (TPSA) is 43.7 Å². The Morgan fingerprint density at radius 3 is 2.45 bits per heavy atom. The molecule has 5 rings (SSSR count). The number of hydrogen-bond donors (Lipinski definition) is 0. The number of likely N-dealkylation sites (N-methyl/N-ethyl adjacent to an activating group) is 1. The van der Waals surface area contributed by atoms with Crippen molar-refractivity contribution in [3.8, 4) is 5.75 Å². The molecule has 9 heteroatoms. The maximum atomic E-state index is 13.9. The Labute approximate surface area is 238 Å². The van der Waals surface area contributed by atoms with Crippen LogP contribution in [-0.4, -0.2) is 34.6 Å². The van der Waals surface area contributed by atoms with Gasteiger partial charge in [0.05, 0.1) is 34.3 Å². The molecule has 1 aliphatic carbocycles. The molecule has 1 fully saturated rings. The van der Waals surface area contributed by atoms with Gasteiger partial charge in [-0.3, -0.25) is 9.69 Å². The Balaban J connectivity index is 1.38. The van der Waals surface area contributed by atoms with Crippen LogP contribution in [0.25, 0.3) is 10.9 Å². The summed E-state index contributed by atoms with van der Waals surface area (Å²) in [6.45, 7) is 7.00. The zero-order valence-corrected chi connectivity index (χ0v) is 24.2. The number of halogens is 4. The van der Waals surface area contributed by atoms with Gasteiger partial charge >= 0.3 is 12.1 Å². The molecule has 0 radical (unpaired) electrons. The van der Waals surface area contributed by atoms with E-state index in [1.807, 2.05) is 46.0 Å². The first-order valence-corrected chi connectivity index (χ1v) is 14.3. The van der Waals surface area contributed by atoms with Crippen LogP contribution in [0.3, 0.4) is 0 Å². The summed E-state index contributed by atoms with van der Waals surface area (Å²) in [4.78, 5) is 14.8. The molecule has 40 heavy (non-hydrogen) atoms. The molecular formula is C31H36ClF3N2O3. The van der Waals surface area contributed by atoms with Gasteiger partial charge in [-0.15, -0.1) is 0 Å². The van der Waals surface area contributed by atoms with Gasteiger partial charge in [-0.05, 0) is 82.0 Å². The number of carbonyl (C=O) groups excluding carboxylic acids is 1. The number of aromatic nitrogens is 1. The number of carbonyl (C=O) groups is 1. The van der Waals surface area contributed by atoms with E-state index in [9.17, 15) is 18.0 Å². The van der Waals surface area contributed by atoms with Crippen molar-refractivity contribution in [3.63, 3.8) is 0 Å². The van der Waals surface area contributed by atoms with Crippen molar-refractivity contribution < 1.29 is 27.4 Å². The van der Waals surface area contributed by atoms with Crippen LogP contribution in [0.2, 0.25) is 5.02 Å². The fraction of sp³-hybridized carbons (Fsp3) is 0.516. The van der Waals surface area contributed by atoms with Gasteiger partial charge in [0.15, 0.2) is 0 Å². The number of hydrogen-bond acceptors (Lipinski definition) is 4. The quantitative estimate of drug-likeness (QED) is 0.277. The van der Waals surface area contributed by atoms with Crippen molar-refractivity contribution in [1.29, 1.82) is 0 Å². The van der Waals surface area contributed by atoms with E-state index in [0.717, 1.165) is 48.8 Å². The first kappa shape index (κ1) is 28.8. The first-order valence-electron chi connectivity index (χ1n) is 13.9. The second-order valence-corrected chi connectivity index (χ2v) is 12.4. The summed E-state index contributed by atoms with van der Waals surface area (Å²) in [6.07, 6.45) is -0.690. The minimum absolute atomic E-state index is 0.00866. The minimum atomic E-state index is -4.41. The highest BCUT2D eigenvalue weighted by molar-refractivity contribution is 6.36. The Hall–Kier alpha value is -2.71. The molecule has 3 aromatic rings. The number of esters is 1. The SMILES string of the molecule is CN1CCn2c(c(Cl)c3cc(OCc4ccc(C5CCCC5)c(C(F)(F)F)c4)ccc32)C1CC(=O)OC(C)(C)C. The second kappa shape index (κ2) is 10.9. The van der Waals surface area contributed by atoms with Crippen molar-refractivity contribution in [3.05, 3.63) is 63.8 Å². The normalized spacial score (nSPS) is 18.8. The third-order valence-electron chi connectivity index (χ3n) is 7.94. The molecule has 1 aliphatic heterocycles. The molecule has 0 bridgehead atoms. The highest BCUT2D eigenvalue weighted by Gasteiger charge is 2.36. The van der Waals surface area contributed by atoms with Gasteiger partial charge in [0.2, 0.25) is 0 Å². The molecule has 1 aromatic heterocycles. The molecule has 2 aliphatic rings. The summed E-state index contributed by atoms with van der Waals surface area (Å²) in [5.74, 6) is 0.193. The van der Waals surface area contributed by atoms with E-state index in [1.165, 1.54) is 6.07 Å². The average Bonchev–Trinajstić information content (AvgIpc) is 3.50. The molecule has 216 valence electrons. The van der Waals surface area contributed by atoms with E-state index in [0.29, 0.717) is 28.4 Å². The Morgan fingerprint density at radius 1 is 1.05 bits per heavy atom. The van der Waals surface area contributed by atoms with Crippen LogP contribution in [0.4, 0.5) is 13.2 Å². The van der Waals surface area contributed by atoms with Crippen molar-refractivity contribution in [2.24, 2.45) is 0 Å². The summed E-state index contributed by atoms with van der Waals surface area (Å²) < 4.78 is 55.4. The standard InChI is InChI=1S/C31H36ClF3N2O3/c1-30(2,3)40-27(38)17-26-29-28(32)23-16-21(10-12-25(23)37(29)14-13-36(26)4)39-18-19-9-11-22(20-7-5-6-8-20)24(15-19)31(33,34)35/h9-12,15-16,20,26H,5-8,13-14,17-18H2,1-4H3. The highest BCUT2D eigenvalue weighted by Crippen LogP contribution is 2.43. The average molecular weight is 577 g/mol. The van der Waals surface area contributed by atoms with Crippen LogP contribution >= 0.6 is 11.6 Å². The van der Waals surface area contributed by atoms with Gasteiger partial charge in [0.25, 0.3) is 0 Å². The molecule has 1 unspecified atom stereocenters. The third kappa shape index (κ3) is 5.98. The number of fused-ring (bicyclic) bond motifs is 3. The monoisotopic (exact) mass is 576 g/mol. The molecule has 0 spiro atoms. The lowest BCUT2D eigenvalue weighted by molar-refractivity contribution is -0.156. The number of nitrogens with zero attached hydrogens (tertiary/aromatic N) is 2. The van der Waals surface area contributed by atoms with Crippen LogP contribution in [0.5, 0.6) is 5.75 Å². The van der Waals surface area contributed by atoms with Gasteiger partial charge in [-0.25, -0.2) is 0 Å². The highest BCUT2D eigenvalue weighted by atomic mass is 35.5. The number of benzene rings is 2. The van der Waals surface area contributed by atoms with Crippen LogP contribution in [0, 0.1) is 0 Å². The van der Waals surface area contributed by atoms with Crippen molar-refractivity contribution in [2.75, 3.05) is 13.6 Å². The maximum absolute atomic E-state index is 13.9. The summed E-state index contributed by atoms with van der Waals surface area (Å²) >= 11 is 6.91. The number of ether oxygens (including phenoxy) is 2. The molecule has 2 heterocycles. The Bertz CT molecular complexity index is 1400. The largest absolute Gasteiger partial charge is 0.489 e. The third-order valence-corrected chi connectivity index (χ3v) is 8.34. The van der Waals surface area contributed by atoms with Crippen molar-refractivity contribution in [2.45, 2.75) is 89.8 Å². The molecule has 5 nitrogen and oxygen atoms in total. The van der Waals surface area contributed by atoms with E-state index in [4.69, 9.17) is 21.1 Å². The molecule has 0 amide bonds. The zero-order valence-electron chi connectivity index (χ0n) is 23.4.